The van der Waals surface area contributed by atoms with E-state index in [1.807, 2.05) is 4.90 Å². The average molecular weight is 515 g/mol. The fourth-order valence-corrected chi connectivity index (χ4v) is 5.25. The van der Waals surface area contributed by atoms with E-state index in [9.17, 15) is 18.0 Å². The van der Waals surface area contributed by atoms with Crippen molar-refractivity contribution in [2.75, 3.05) is 33.3 Å². The van der Waals surface area contributed by atoms with Crippen molar-refractivity contribution in [3.63, 3.8) is 0 Å². The Morgan fingerprint density at radius 3 is 2.16 bits per heavy atom. The van der Waals surface area contributed by atoms with Crippen LogP contribution in [0.4, 0.5) is 13.2 Å². The molecule has 37 heavy (non-hydrogen) atoms. The van der Waals surface area contributed by atoms with Gasteiger partial charge in [-0.25, -0.2) is 15.0 Å². The van der Waals surface area contributed by atoms with Crippen molar-refractivity contribution in [3.8, 4) is 28.7 Å². The lowest BCUT2D eigenvalue weighted by Crippen LogP contribution is -2.46. The minimum Gasteiger partial charge on any atom is -0.467 e. The van der Waals surface area contributed by atoms with E-state index in [4.69, 9.17) is 9.72 Å². The SMILES string of the molecule is COc1ncc(-c2nc(-c3ccc(C(F)(F)F)cc3)n(C)c2C(=O)N2CCC(N3CCCC3)CC2)cn1. The summed E-state index contributed by atoms with van der Waals surface area (Å²) in [6.07, 6.45) is 2.91. The summed E-state index contributed by atoms with van der Waals surface area (Å²) >= 11 is 0. The standard InChI is InChI=1S/C26H29F3N6O2/c1-33-22(24(36)35-13-9-20(10-14-35)34-11-3-4-12-34)21(18-15-30-25(37-2)31-16-18)32-23(33)17-5-7-19(8-6-17)26(27,28)29/h5-8,15-16,20H,3-4,9-14H2,1-2H3. The van der Waals surface area contributed by atoms with Crippen LogP contribution in [0.1, 0.15) is 41.7 Å². The summed E-state index contributed by atoms with van der Waals surface area (Å²) in [6, 6.07) is 5.45. The number of imidazole rings is 1. The molecule has 1 aromatic carbocycles. The van der Waals surface area contributed by atoms with Crippen LogP contribution in [-0.2, 0) is 13.2 Å². The van der Waals surface area contributed by atoms with Gasteiger partial charge in [-0.1, -0.05) is 12.1 Å². The zero-order valence-electron chi connectivity index (χ0n) is 20.8. The fourth-order valence-electron chi connectivity index (χ4n) is 5.25. The number of carbonyl (C=O) groups is 1. The molecule has 0 atom stereocenters. The predicted molar refractivity (Wildman–Crippen MR) is 131 cm³/mol. The second kappa shape index (κ2) is 10.1. The van der Waals surface area contributed by atoms with E-state index in [0.29, 0.717) is 47.5 Å². The number of ether oxygens (including phenoxy) is 1. The molecule has 4 heterocycles. The molecular weight excluding hydrogens is 485 g/mol. The first-order valence-corrected chi connectivity index (χ1v) is 12.4. The van der Waals surface area contributed by atoms with Crippen LogP contribution >= 0.6 is 0 Å². The zero-order valence-corrected chi connectivity index (χ0v) is 20.8. The molecule has 2 aromatic heterocycles. The molecule has 0 aliphatic carbocycles. The summed E-state index contributed by atoms with van der Waals surface area (Å²) in [5, 5.41) is 0. The molecule has 196 valence electrons. The molecule has 2 aliphatic heterocycles. The lowest BCUT2D eigenvalue weighted by atomic mass is 10.0. The third-order valence-corrected chi connectivity index (χ3v) is 7.26. The molecule has 0 radical (unpaired) electrons. The zero-order chi connectivity index (χ0) is 26.2. The highest BCUT2D eigenvalue weighted by Gasteiger charge is 2.33. The van der Waals surface area contributed by atoms with E-state index in [1.165, 1.54) is 44.5 Å². The molecule has 0 bridgehead atoms. The molecular formula is C26H29F3N6O2. The van der Waals surface area contributed by atoms with Gasteiger partial charge in [0.2, 0.25) is 0 Å². The molecule has 0 unspecified atom stereocenters. The summed E-state index contributed by atoms with van der Waals surface area (Å²) in [4.78, 5) is 31.2. The molecule has 2 saturated heterocycles. The maximum absolute atomic E-state index is 13.8. The maximum Gasteiger partial charge on any atom is 0.416 e. The number of carbonyl (C=O) groups excluding carboxylic acids is 1. The highest BCUT2D eigenvalue weighted by atomic mass is 19.4. The highest BCUT2D eigenvalue weighted by Crippen LogP contribution is 2.33. The number of rotatable bonds is 5. The summed E-state index contributed by atoms with van der Waals surface area (Å²) < 4.78 is 46.0. The Balaban J connectivity index is 1.48. The van der Waals surface area contributed by atoms with Crippen LogP contribution in [0.15, 0.2) is 36.7 Å². The van der Waals surface area contributed by atoms with Crippen LogP contribution in [0.5, 0.6) is 6.01 Å². The van der Waals surface area contributed by atoms with Crippen molar-refractivity contribution >= 4 is 5.91 Å². The van der Waals surface area contributed by atoms with E-state index in [1.54, 1.807) is 11.6 Å². The van der Waals surface area contributed by atoms with Crippen LogP contribution in [0.2, 0.25) is 0 Å². The van der Waals surface area contributed by atoms with E-state index in [-0.39, 0.29) is 11.9 Å². The Labute approximate surface area is 213 Å². The van der Waals surface area contributed by atoms with Crippen LogP contribution in [-0.4, -0.2) is 74.6 Å². The second-order valence-corrected chi connectivity index (χ2v) is 9.49. The Morgan fingerprint density at radius 2 is 1.59 bits per heavy atom. The Morgan fingerprint density at radius 1 is 0.973 bits per heavy atom. The number of amides is 1. The Kier molecular flexibility index (Phi) is 6.89. The highest BCUT2D eigenvalue weighted by molar-refractivity contribution is 5.99. The number of halogens is 3. The van der Waals surface area contributed by atoms with Crippen molar-refractivity contribution in [2.24, 2.45) is 7.05 Å². The van der Waals surface area contributed by atoms with E-state index in [0.717, 1.165) is 38.1 Å². The largest absolute Gasteiger partial charge is 0.467 e. The van der Waals surface area contributed by atoms with Gasteiger partial charge < -0.3 is 19.1 Å². The number of hydrogen-bond acceptors (Lipinski definition) is 6. The van der Waals surface area contributed by atoms with E-state index in [2.05, 4.69) is 14.9 Å². The van der Waals surface area contributed by atoms with Gasteiger partial charge in [-0.15, -0.1) is 0 Å². The van der Waals surface area contributed by atoms with E-state index >= 15 is 0 Å². The first-order chi connectivity index (χ1) is 17.8. The van der Waals surface area contributed by atoms with Crippen molar-refractivity contribution in [3.05, 3.63) is 47.9 Å². The quantitative estimate of drug-likeness (QED) is 0.506. The molecule has 5 rings (SSSR count). The lowest BCUT2D eigenvalue weighted by molar-refractivity contribution is -0.137. The third-order valence-electron chi connectivity index (χ3n) is 7.26. The van der Waals surface area contributed by atoms with Crippen molar-refractivity contribution < 1.29 is 22.7 Å². The van der Waals surface area contributed by atoms with Crippen molar-refractivity contribution in [1.82, 2.24) is 29.3 Å². The minimum atomic E-state index is -4.44. The van der Waals surface area contributed by atoms with Gasteiger partial charge in [0.15, 0.2) is 0 Å². The monoisotopic (exact) mass is 514 g/mol. The topological polar surface area (TPSA) is 76.4 Å². The van der Waals surface area contributed by atoms with Gasteiger partial charge in [0.05, 0.1) is 12.7 Å². The molecule has 11 heteroatoms. The van der Waals surface area contributed by atoms with Gasteiger partial charge in [-0.3, -0.25) is 4.79 Å². The minimum absolute atomic E-state index is 0.168. The number of benzene rings is 1. The number of methoxy groups -OCH3 is 1. The van der Waals surface area contributed by atoms with Gasteiger partial charge in [0, 0.05) is 49.7 Å². The summed E-state index contributed by atoms with van der Waals surface area (Å²) in [5.41, 5.74) is 0.976. The summed E-state index contributed by atoms with van der Waals surface area (Å²) in [6.45, 7) is 3.52. The van der Waals surface area contributed by atoms with Gasteiger partial charge in [0.25, 0.3) is 5.91 Å². The molecule has 1 amide bonds. The van der Waals surface area contributed by atoms with Gasteiger partial charge in [-0.2, -0.15) is 13.2 Å². The van der Waals surface area contributed by atoms with Crippen LogP contribution in [0, 0.1) is 0 Å². The predicted octanol–water partition coefficient (Wildman–Crippen LogP) is 4.27. The number of piperidine rings is 1. The number of alkyl halides is 3. The number of nitrogens with zero attached hydrogens (tertiary/aromatic N) is 6. The molecule has 0 N–H and O–H groups in total. The van der Waals surface area contributed by atoms with Crippen LogP contribution < -0.4 is 4.74 Å². The van der Waals surface area contributed by atoms with Gasteiger partial charge >= 0.3 is 12.2 Å². The number of likely N-dealkylation sites (tertiary alicyclic amines) is 2. The third kappa shape index (κ3) is 5.04. The maximum atomic E-state index is 13.8. The van der Waals surface area contributed by atoms with Crippen LogP contribution in [0.25, 0.3) is 22.6 Å². The van der Waals surface area contributed by atoms with Gasteiger partial charge in [-0.05, 0) is 50.9 Å². The summed E-state index contributed by atoms with van der Waals surface area (Å²) in [5.74, 6) is 0.216. The van der Waals surface area contributed by atoms with E-state index < -0.39 is 11.7 Å². The molecule has 3 aromatic rings. The van der Waals surface area contributed by atoms with Crippen LogP contribution in [0.3, 0.4) is 0 Å². The van der Waals surface area contributed by atoms with Crippen molar-refractivity contribution in [1.29, 1.82) is 0 Å². The molecule has 8 nitrogen and oxygen atoms in total. The molecule has 0 spiro atoms. The molecule has 2 fully saturated rings. The normalized spacial score (nSPS) is 17.4. The molecule has 2 aliphatic rings. The Bertz CT molecular complexity index is 1240. The second-order valence-electron chi connectivity index (χ2n) is 9.49. The lowest BCUT2D eigenvalue weighted by Gasteiger charge is -2.36. The first kappa shape index (κ1) is 25.2. The average Bonchev–Trinajstić information content (AvgIpc) is 3.57. The smallest absolute Gasteiger partial charge is 0.416 e. The number of hydrogen-bond donors (Lipinski definition) is 0. The van der Waals surface area contributed by atoms with Crippen molar-refractivity contribution in [2.45, 2.75) is 37.9 Å². The fraction of sp³-hybridized carbons (Fsp3) is 0.462. The summed E-state index contributed by atoms with van der Waals surface area (Å²) in [7, 11) is 3.16. The Hall–Kier alpha value is -3.47. The molecule has 0 saturated carbocycles. The first-order valence-electron chi connectivity index (χ1n) is 12.4. The van der Waals surface area contributed by atoms with Gasteiger partial charge in [0.1, 0.15) is 17.2 Å². The number of aromatic nitrogens is 4.